The molecule has 0 bridgehead atoms. The second-order valence-electron chi connectivity index (χ2n) is 5.06. The topological polar surface area (TPSA) is 47.3 Å². The van der Waals surface area contributed by atoms with Crippen LogP contribution in [0.2, 0.25) is 0 Å². The van der Waals surface area contributed by atoms with Crippen LogP contribution >= 0.6 is 0 Å². The van der Waals surface area contributed by atoms with Gasteiger partial charge in [0.25, 0.3) is 0 Å². The highest BCUT2D eigenvalue weighted by Crippen LogP contribution is 2.32. The van der Waals surface area contributed by atoms with Crippen LogP contribution in [0, 0.1) is 11.8 Å². The lowest BCUT2D eigenvalue weighted by atomic mass is 10.1. The van der Waals surface area contributed by atoms with E-state index in [-0.39, 0.29) is 0 Å². The molecule has 0 saturated heterocycles. The molecule has 2 saturated carbocycles. The normalized spacial score (nSPS) is 23.0. The van der Waals surface area contributed by atoms with E-state index in [0.29, 0.717) is 6.04 Å². The Kier molecular flexibility index (Phi) is 4.42. The molecule has 2 rings (SSSR count). The van der Waals surface area contributed by atoms with Crippen molar-refractivity contribution in [3.63, 3.8) is 0 Å². The molecule has 0 amide bonds. The van der Waals surface area contributed by atoms with Gasteiger partial charge in [-0.1, -0.05) is 0 Å². The molecule has 88 valence electrons. The van der Waals surface area contributed by atoms with Gasteiger partial charge in [-0.15, -0.1) is 0 Å². The van der Waals surface area contributed by atoms with Crippen LogP contribution in [0.5, 0.6) is 0 Å². The lowest BCUT2D eigenvalue weighted by Crippen LogP contribution is -2.29. The molecule has 3 heteroatoms. The first-order valence-corrected chi connectivity index (χ1v) is 6.40. The van der Waals surface area contributed by atoms with E-state index in [1.54, 1.807) is 0 Å². The van der Waals surface area contributed by atoms with Gasteiger partial charge in [0.2, 0.25) is 0 Å². The van der Waals surface area contributed by atoms with Gasteiger partial charge in [0.1, 0.15) is 0 Å². The number of nitrogens with one attached hydrogen (secondary N) is 1. The largest absolute Gasteiger partial charge is 0.380 e. The maximum absolute atomic E-state index is 6.00. The standard InChI is InChI=1S/C12H24N2O/c13-12(11-3-4-11)5-6-14-7-8-15-9-10-1-2-10/h10-12,14H,1-9,13H2. The zero-order valence-corrected chi connectivity index (χ0v) is 9.58. The maximum Gasteiger partial charge on any atom is 0.0591 e. The van der Waals surface area contributed by atoms with Crippen molar-refractivity contribution >= 4 is 0 Å². The van der Waals surface area contributed by atoms with Gasteiger partial charge in [0.15, 0.2) is 0 Å². The first-order chi connectivity index (χ1) is 7.36. The van der Waals surface area contributed by atoms with E-state index in [1.165, 1.54) is 25.7 Å². The predicted molar refractivity (Wildman–Crippen MR) is 61.7 cm³/mol. The lowest BCUT2D eigenvalue weighted by molar-refractivity contribution is 0.126. The summed E-state index contributed by atoms with van der Waals surface area (Å²) in [7, 11) is 0. The zero-order chi connectivity index (χ0) is 10.5. The third-order valence-electron chi connectivity index (χ3n) is 3.36. The fourth-order valence-corrected chi connectivity index (χ4v) is 1.83. The molecule has 2 aliphatic carbocycles. The summed E-state index contributed by atoms with van der Waals surface area (Å²) in [4.78, 5) is 0. The number of ether oxygens (including phenoxy) is 1. The van der Waals surface area contributed by atoms with Gasteiger partial charge in [-0.05, 0) is 50.5 Å². The molecule has 1 atom stereocenters. The molecule has 15 heavy (non-hydrogen) atoms. The van der Waals surface area contributed by atoms with Crippen molar-refractivity contribution in [2.45, 2.75) is 38.1 Å². The van der Waals surface area contributed by atoms with Gasteiger partial charge in [-0.2, -0.15) is 0 Å². The predicted octanol–water partition coefficient (Wildman–Crippen LogP) is 1.13. The summed E-state index contributed by atoms with van der Waals surface area (Å²) >= 11 is 0. The monoisotopic (exact) mass is 212 g/mol. The Morgan fingerprint density at radius 2 is 2.00 bits per heavy atom. The molecule has 0 aliphatic heterocycles. The van der Waals surface area contributed by atoms with E-state index >= 15 is 0 Å². The van der Waals surface area contributed by atoms with Crippen LogP contribution in [-0.4, -0.2) is 32.3 Å². The van der Waals surface area contributed by atoms with E-state index in [9.17, 15) is 0 Å². The van der Waals surface area contributed by atoms with Crippen molar-refractivity contribution in [2.75, 3.05) is 26.3 Å². The number of hydrogen-bond acceptors (Lipinski definition) is 3. The third kappa shape index (κ3) is 4.96. The smallest absolute Gasteiger partial charge is 0.0591 e. The second-order valence-corrected chi connectivity index (χ2v) is 5.06. The Bertz CT molecular complexity index is 178. The minimum Gasteiger partial charge on any atom is -0.380 e. The molecular formula is C12H24N2O. The van der Waals surface area contributed by atoms with Crippen LogP contribution < -0.4 is 11.1 Å². The minimum atomic E-state index is 0.435. The summed E-state index contributed by atoms with van der Waals surface area (Å²) in [6.45, 7) is 3.85. The number of rotatable bonds is 9. The Labute approximate surface area is 92.7 Å². The van der Waals surface area contributed by atoms with Crippen LogP contribution in [0.15, 0.2) is 0 Å². The molecule has 3 N–H and O–H groups in total. The Balaban J connectivity index is 1.31. The highest BCUT2D eigenvalue weighted by molar-refractivity contribution is 4.84. The minimum absolute atomic E-state index is 0.435. The highest BCUT2D eigenvalue weighted by Gasteiger charge is 2.27. The molecule has 1 unspecified atom stereocenters. The quantitative estimate of drug-likeness (QED) is 0.563. The van der Waals surface area contributed by atoms with E-state index in [2.05, 4.69) is 5.32 Å². The molecule has 0 spiro atoms. The molecule has 0 aromatic carbocycles. The van der Waals surface area contributed by atoms with E-state index in [0.717, 1.165) is 44.6 Å². The van der Waals surface area contributed by atoms with Crippen molar-refractivity contribution in [2.24, 2.45) is 17.6 Å². The van der Waals surface area contributed by atoms with Crippen molar-refractivity contribution in [1.29, 1.82) is 0 Å². The van der Waals surface area contributed by atoms with Crippen LogP contribution in [0.25, 0.3) is 0 Å². The van der Waals surface area contributed by atoms with E-state index < -0.39 is 0 Å². The summed E-state index contributed by atoms with van der Waals surface area (Å²) < 4.78 is 5.53. The molecular weight excluding hydrogens is 188 g/mol. The summed E-state index contributed by atoms with van der Waals surface area (Å²) in [5.74, 6) is 1.71. The van der Waals surface area contributed by atoms with Gasteiger partial charge in [-0.25, -0.2) is 0 Å². The van der Waals surface area contributed by atoms with Crippen molar-refractivity contribution in [3.8, 4) is 0 Å². The van der Waals surface area contributed by atoms with Gasteiger partial charge in [0.05, 0.1) is 6.61 Å². The number of hydrogen-bond donors (Lipinski definition) is 2. The van der Waals surface area contributed by atoms with E-state index in [1.807, 2.05) is 0 Å². The molecule has 2 fully saturated rings. The first kappa shape index (κ1) is 11.4. The lowest BCUT2D eigenvalue weighted by Gasteiger charge is -2.10. The van der Waals surface area contributed by atoms with Crippen LogP contribution in [0.3, 0.4) is 0 Å². The van der Waals surface area contributed by atoms with E-state index in [4.69, 9.17) is 10.5 Å². The van der Waals surface area contributed by atoms with Crippen LogP contribution in [0.4, 0.5) is 0 Å². The molecule has 0 aromatic rings. The van der Waals surface area contributed by atoms with Crippen molar-refractivity contribution in [1.82, 2.24) is 5.32 Å². The van der Waals surface area contributed by atoms with Crippen LogP contribution in [-0.2, 0) is 4.74 Å². The number of nitrogens with two attached hydrogens (primary N) is 1. The summed E-state index contributed by atoms with van der Waals surface area (Å²) in [5, 5.41) is 3.39. The average molecular weight is 212 g/mol. The van der Waals surface area contributed by atoms with Crippen molar-refractivity contribution < 1.29 is 4.74 Å². The maximum atomic E-state index is 6.00. The second kappa shape index (κ2) is 5.83. The van der Waals surface area contributed by atoms with Crippen LogP contribution in [0.1, 0.15) is 32.1 Å². The van der Waals surface area contributed by atoms with Gasteiger partial charge >= 0.3 is 0 Å². The molecule has 2 aliphatic rings. The fraction of sp³-hybridized carbons (Fsp3) is 1.00. The Morgan fingerprint density at radius 1 is 1.20 bits per heavy atom. The molecule has 0 heterocycles. The summed E-state index contributed by atoms with van der Waals surface area (Å²) in [5.41, 5.74) is 6.00. The first-order valence-electron chi connectivity index (χ1n) is 6.40. The molecule has 0 aromatic heterocycles. The third-order valence-corrected chi connectivity index (χ3v) is 3.36. The zero-order valence-electron chi connectivity index (χ0n) is 9.58. The Morgan fingerprint density at radius 3 is 2.67 bits per heavy atom. The Hall–Kier alpha value is -0.120. The van der Waals surface area contributed by atoms with Gasteiger partial charge in [0, 0.05) is 19.2 Å². The van der Waals surface area contributed by atoms with Crippen molar-refractivity contribution in [3.05, 3.63) is 0 Å². The highest BCUT2D eigenvalue weighted by atomic mass is 16.5. The van der Waals surface area contributed by atoms with Gasteiger partial charge < -0.3 is 15.8 Å². The SMILES string of the molecule is NC(CCNCCOCC1CC1)C1CC1. The van der Waals surface area contributed by atoms with Gasteiger partial charge in [-0.3, -0.25) is 0 Å². The molecule has 0 radical (unpaired) electrons. The summed E-state index contributed by atoms with van der Waals surface area (Å²) in [6, 6.07) is 0.435. The summed E-state index contributed by atoms with van der Waals surface area (Å²) in [6.07, 6.45) is 6.58. The molecule has 3 nitrogen and oxygen atoms in total. The average Bonchev–Trinajstić information content (AvgIpc) is 3.07. The fourth-order valence-electron chi connectivity index (χ4n) is 1.83.